The zero-order chi connectivity index (χ0) is 23.6. The molecule has 0 aliphatic rings. The van der Waals surface area contributed by atoms with Crippen LogP contribution in [0.3, 0.4) is 0 Å². The summed E-state index contributed by atoms with van der Waals surface area (Å²) >= 11 is 1.15. The zero-order valence-electron chi connectivity index (χ0n) is 18.3. The first kappa shape index (κ1) is 24.1. The summed E-state index contributed by atoms with van der Waals surface area (Å²) in [7, 11) is 0. The number of hydrogen-bond acceptors (Lipinski definition) is 9. The third kappa shape index (κ3) is 6.45. The Kier molecular flexibility index (Phi) is 8.64. The van der Waals surface area contributed by atoms with Gasteiger partial charge in [-0.15, -0.1) is 10.2 Å². The normalized spacial score (nSPS) is 10.6. The molecule has 0 saturated heterocycles. The number of carbonyl (C=O) groups is 3. The third-order valence-corrected chi connectivity index (χ3v) is 5.35. The van der Waals surface area contributed by atoms with E-state index in [1.807, 2.05) is 11.5 Å². The molecule has 0 fully saturated rings. The van der Waals surface area contributed by atoms with Gasteiger partial charge in [0.1, 0.15) is 6.54 Å². The Morgan fingerprint density at radius 3 is 2.48 bits per heavy atom. The molecular formula is C22H24N4O6S. The number of furan rings is 1. The van der Waals surface area contributed by atoms with Gasteiger partial charge >= 0.3 is 11.9 Å². The van der Waals surface area contributed by atoms with Crippen LogP contribution in [0.1, 0.15) is 13.8 Å². The van der Waals surface area contributed by atoms with Gasteiger partial charge in [-0.05, 0) is 38.1 Å². The third-order valence-electron chi connectivity index (χ3n) is 4.41. The highest BCUT2D eigenvalue weighted by Gasteiger charge is 2.22. The molecule has 10 nitrogen and oxygen atoms in total. The number of hydrogen-bond donors (Lipinski definition) is 0. The van der Waals surface area contributed by atoms with E-state index in [9.17, 15) is 14.4 Å². The van der Waals surface area contributed by atoms with Gasteiger partial charge in [0.05, 0.1) is 18.6 Å². The standard InChI is InChI=1S/C22H24N4O6S/c1-3-25-21(17-11-8-12-31-17)23-24-22(25)33-15-20(29)32-14-18(27)26(13-19(28)30-4-2)16-9-6-5-7-10-16/h5-12H,3-4,13-15H2,1-2H3. The fraction of sp³-hybridized carbons (Fsp3) is 0.318. The van der Waals surface area contributed by atoms with Gasteiger partial charge in [0.25, 0.3) is 5.91 Å². The Bertz CT molecular complexity index is 1070. The number of carbonyl (C=O) groups excluding carboxylic acids is 3. The Hall–Kier alpha value is -3.60. The predicted molar refractivity (Wildman–Crippen MR) is 121 cm³/mol. The molecule has 0 spiro atoms. The van der Waals surface area contributed by atoms with Crippen molar-refractivity contribution in [3.8, 4) is 11.6 Å². The van der Waals surface area contributed by atoms with E-state index in [1.54, 1.807) is 55.7 Å². The van der Waals surface area contributed by atoms with E-state index in [2.05, 4.69) is 10.2 Å². The molecule has 2 aromatic heterocycles. The molecule has 0 radical (unpaired) electrons. The summed E-state index contributed by atoms with van der Waals surface area (Å²) in [6, 6.07) is 12.2. The molecule has 33 heavy (non-hydrogen) atoms. The Labute approximate surface area is 194 Å². The molecule has 0 N–H and O–H groups in total. The molecule has 3 aromatic rings. The largest absolute Gasteiger partial charge is 0.465 e. The van der Waals surface area contributed by atoms with Gasteiger partial charge < -0.3 is 13.9 Å². The van der Waals surface area contributed by atoms with Crippen LogP contribution in [0, 0.1) is 0 Å². The summed E-state index contributed by atoms with van der Waals surface area (Å²) in [5, 5.41) is 8.76. The summed E-state index contributed by atoms with van der Waals surface area (Å²) in [6.45, 7) is 3.61. The van der Waals surface area contributed by atoms with Crippen molar-refractivity contribution in [1.29, 1.82) is 0 Å². The number of ether oxygens (including phenoxy) is 2. The van der Waals surface area contributed by atoms with Gasteiger partial charge in [-0.3, -0.25) is 23.9 Å². The Balaban J connectivity index is 1.57. The van der Waals surface area contributed by atoms with Crippen LogP contribution in [0.4, 0.5) is 5.69 Å². The number of thioether (sulfide) groups is 1. The average molecular weight is 473 g/mol. The maximum Gasteiger partial charge on any atom is 0.326 e. The lowest BCUT2D eigenvalue weighted by Gasteiger charge is -2.21. The second kappa shape index (κ2) is 11.9. The highest BCUT2D eigenvalue weighted by atomic mass is 32.2. The van der Waals surface area contributed by atoms with Gasteiger partial charge in [-0.2, -0.15) is 0 Å². The Morgan fingerprint density at radius 1 is 1.03 bits per heavy atom. The molecule has 2 heterocycles. The van der Waals surface area contributed by atoms with Crippen LogP contribution in [-0.2, 0) is 30.4 Å². The number of anilines is 1. The van der Waals surface area contributed by atoms with Gasteiger partial charge in [-0.1, -0.05) is 30.0 Å². The zero-order valence-corrected chi connectivity index (χ0v) is 19.1. The van der Waals surface area contributed by atoms with E-state index in [0.717, 1.165) is 11.8 Å². The Morgan fingerprint density at radius 2 is 1.82 bits per heavy atom. The van der Waals surface area contributed by atoms with Crippen LogP contribution in [0.5, 0.6) is 0 Å². The van der Waals surface area contributed by atoms with Crippen LogP contribution in [0.25, 0.3) is 11.6 Å². The maximum atomic E-state index is 12.7. The van der Waals surface area contributed by atoms with Crippen molar-refractivity contribution in [3.05, 3.63) is 48.7 Å². The van der Waals surface area contributed by atoms with Crippen molar-refractivity contribution in [3.63, 3.8) is 0 Å². The molecule has 3 rings (SSSR count). The molecule has 0 bridgehead atoms. The molecule has 0 saturated carbocycles. The van der Waals surface area contributed by atoms with Crippen LogP contribution in [0.15, 0.2) is 58.3 Å². The summed E-state index contributed by atoms with van der Waals surface area (Å²) in [6.07, 6.45) is 1.55. The molecule has 1 amide bonds. The number of nitrogens with zero attached hydrogens (tertiary/aromatic N) is 4. The highest BCUT2D eigenvalue weighted by Crippen LogP contribution is 2.24. The van der Waals surface area contributed by atoms with E-state index in [1.165, 1.54) is 4.90 Å². The van der Waals surface area contributed by atoms with Crippen molar-refractivity contribution < 1.29 is 28.3 Å². The second-order valence-corrected chi connectivity index (χ2v) is 7.54. The SMILES string of the molecule is CCOC(=O)CN(C(=O)COC(=O)CSc1nnc(-c2ccco2)n1CC)c1ccccc1. The van der Waals surface area contributed by atoms with E-state index < -0.39 is 24.5 Å². The number of esters is 2. The number of para-hydroxylation sites is 1. The van der Waals surface area contributed by atoms with Crippen molar-refractivity contribution in [2.75, 3.05) is 30.4 Å². The summed E-state index contributed by atoms with van der Waals surface area (Å²) in [4.78, 5) is 38.1. The quantitative estimate of drug-likeness (QED) is 0.307. The van der Waals surface area contributed by atoms with E-state index >= 15 is 0 Å². The van der Waals surface area contributed by atoms with Gasteiger partial charge in [0, 0.05) is 12.2 Å². The lowest BCUT2D eigenvalue weighted by Crippen LogP contribution is -2.39. The fourth-order valence-corrected chi connectivity index (χ4v) is 3.72. The maximum absolute atomic E-state index is 12.7. The van der Waals surface area contributed by atoms with E-state index in [4.69, 9.17) is 13.9 Å². The molecule has 11 heteroatoms. The van der Waals surface area contributed by atoms with Crippen molar-refractivity contribution >= 4 is 35.3 Å². The first-order valence-corrected chi connectivity index (χ1v) is 11.3. The van der Waals surface area contributed by atoms with Crippen LogP contribution in [0.2, 0.25) is 0 Å². The first-order valence-electron chi connectivity index (χ1n) is 10.3. The van der Waals surface area contributed by atoms with Crippen LogP contribution in [-0.4, -0.2) is 58.1 Å². The number of aromatic nitrogens is 3. The van der Waals surface area contributed by atoms with Crippen molar-refractivity contribution in [2.45, 2.75) is 25.5 Å². The second-order valence-electron chi connectivity index (χ2n) is 6.60. The topological polar surface area (TPSA) is 117 Å². The molecule has 0 aliphatic carbocycles. The average Bonchev–Trinajstić information content (AvgIpc) is 3.49. The van der Waals surface area contributed by atoms with Crippen molar-refractivity contribution in [2.24, 2.45) is 0 Å². The number of rotatable bonds is 11. The minimum Gasteiger partial charge on any atom is -0.465 e. The molecule has 0 aliphatic heterocycles. The monoisotopic (exact) mass is 472 g/mol. The molecule has 0 atom stereocenters. The predicted octanol–water partition coefficient (Wildman–Crippen LogP) is 2.79. The van der Waals surface area contributed by atoms with E-state index in [0.29, 0.717) is 29.0 Å². The minimum absolute atomic E-state index is 0.0627. The fourth-order valence-electron chi connectivity index (χ4n) is 2.92. The molecule has 174 valence electrons. The van der Waals surface area contributed by atoms with Crippen molar-refractivity contribution in [1.82, 2.24) is 14.8 Å². The van der Waals surface area contributed by atoms with Gasteiger partial charge in [0.2, 0.25) is 0 Å². The molecule has 1 aromatic carbocycles. The first-order chi connectivity index (χ1) is 16.0. The molecular weight excluding hydrogens is 448 g/mol. The lowest BCUT2D eigenvalue weighted by molar-refractivity contribution is -0.146. The summed E-state index contributed by atoms with van der Waals surface area (Å²) < 4.78 is 17.3. The van der Waals surface area contributed by atoms with Crippen LogP contribution < -0.4 is 4.90 Å². The van der Waals surface area contributed by atoms with Gasteiger partial charge in [-0.25, -0.2) is 0 Å². The summed E-state index contributed by atoms with van der Waals surface area (Å²) in [5.41, 5.74) is 0.502. The van der Waals surface area contributed by atoms with E-state index in [-0.39, 0.29) is 18.9 Å². The number of benzene rings is 1. The lowest BCUT2D eigenvalue weighted by atomic mass is 10.3. The number of amides is 1. The van der Waals surface area contributed by atoms with Crippen LogP contribution >= 0.6 is 11.8 Å². The molecule has 0 unspecified atom stereocenters. The minimum atomic E-state index is -0.595. The smallest absolute Gasteiger partial charge is 0.326 e. The van der Waals surface area contributed by atoms with Gasteiger partial charge in [0.15, 0.2) is 23.3 Å². The summed E-state index contributed by atoms with van der Waals surface area (Å²) in [5.74, 6) is -0.611. The highest BCUT2D eigenvalue weighted by molar-refractivity contribution is 7.99.